The van der Waals surface area contributed by atoms with Gasteiger partial charge in [0.05, 0.1) is 11.3 Å². The molecule has 0 aliphatic carbocycles. The molecule has 0 aromatic heterocycles. The first-order chi connectivity index (χ1) is 6.61. The normalized spacial score (nSPS) is 14.5. The van der Waals surface area contributed by atoms with E-state index < -0.39 is 18.1 Å². The molecule has 72 valence electrons. The van der Waals surface area contributed by atoms with Crippen LogP contribution in [0.25, 0.3) is 0 Å². The number of rotatable bonds is 1. The lowest BCUT2D eigenvalue weighted by Gasteiger charge is -2.04. The van der Waals surface area contributed by atoms with Crippen molar-refractivity contribution < 1.29 is 18.4 Å². The number of fused-ring (bicyclic) bond motifs is 1. The van der Waals surface area contributed by atoms with Crippen molar-refractivity contribution >= 4 is 17.4 Å². The fourth-order valence-corrected chi connectivity index (χ4v) is 1.37. The summed E-state index contributed by atoms with van der Waals surface area (Å²) in [4.78, 5) is 22.0. The largest absolute Gasteiger partial charge is 0.318 e. The zero-order chi connectivity index (χ0) is 10.3. The molecule has 3 nitrogen and oxygen atoms in total. The highest BCUT2D eigenvalue weighted by Gasteiger charge is 2.31. The summed E-state index contributed by atoms with van der Waals surface area (Å²) in [5.74, 6) is -1.62. The third kappa shape index (κ3) is 1.09. The van der Waals surface area contributed by atoms with Crippen LogP contribution in [-0.4, -0.2) is 11.7 Å². The third-order valence-electron chi connectivity index (χ3n) is 2.02. The molecular formula is C9H5F2NO2. The number of benzene rings is 1. The number of carbonyl (C=O) groups excluding carboxylic acids is 2. The monoisotopic (exact) mass is 197 g/mol. The molecule has 5 heteroatoms. The molecule has 0 atom stereocenters. The van der Waals surface area contributed by atoms with Crippen LogP contribution in [0.3, 0.4) is 0 Å². The van der Waals surface area contributed by atoms with Crippen LogP contribution >= 0.6 is 0 Å². The number of Topliss-reactive ketones (excluding diaryl/α,β-unsaturated/α-hetero) is 1. The van der Waals surface area contributed by atoms with Crippen molar-refractivity contribution in [3.05, 3.63) is 29.3 Å². The Morgan fingerprint density at radius 1 is 1.21 bits per heavy atom. The number of nitrogens with one attached hydrogen (secondary N) is 1. The minimum absolute atomic E-state index is 0.0211. The molecule has 1 N–H and O–H groups in total. The van der Waals surface area contributed by atoms with E-state index in [1.165, 1.54) is 18.2 Å². The summed E-state index contributed by atoms with van der Waals surface area (Å²) in [6.07, 6.45) is -2.70. The SMILES string of the molecule is O=C1Nc2c(cccc2C(F)F)C1=O. The van der Waals surface area contributed by atoms with Crippen LogP contribution < -0.4 is 5.32 Å². The van der Waals surface area contributed by atoms with Crippen LogP contribution in [0.1, 0.15) is 22.3 Å². The van der Waals surface area contributed by atoms with Gasteiger partial charge in [0.15, 0.2) is 0 Å². The number of alkyl halides is 2. The molecule has 0 saturated heterocycles. The van der Waals surface area contributed by atoms with Gasteiger partial charge in [0.25, 0.3) is 18.1 Å². The van der Waals surface area contributed by atoms with E-state index in [0.717, 1.165) is 0 Å². The molecule has 1 aromatic carbocycles. The topological polar surface area (TPSA) is 46.2 Å². The molecule has 14 heavy (non-hydrogen) atoms. The molecule has 0 unspecified atom stereocenters. The second-order valence-corrected chi connectivity index (χ2v) is 2.85. The van der Waals surface area contributed by atoms with Crippen molar-refractivity contribution in [3.63, 3.8) is 0 Å². The molecule has 2 rings (SSSR count). The zero-order valence-electron chi connectivity index (χ0n) is 6.88. The van der Waals surface area contributed by atoms with Gasteiger partial charge in [-0.15, -0.1) is 0 Å². The summed E-state index contributed by atoms with van der Waals surface area (Å²) in [5, 5.41) is 2.13. The number of carbonyl (C=O) groups is 2. The predicted octanol–water partition coefficient (Wildman–Crippen LogP) is 1.76. The van der Waals surface area contributed by atoms with Gasteiger partial charge in [-0.2, -0.15) is 0 Å². The van der Waals surface area contributed by atoms with Crippen LogP contribution in [0.2, 0.25) is 0 Å². The molecule has 1 aromatic rings. The summed E-state index contributed by atoms with van der Waals surface area (Å²) in [6, 6.07) is 3.86. The average Bonchev–Trinajstić information content (AvgIpc) is 2.43. The molecule has 1 amide bonds. The Hall–Kier alpha value is -1.78. The van der Waals surface area contributed by atoms with Crippen LogP contribution in [0, 0.1) is 0 Å². The van der Waals surface area contributed by atoms with Gasteiger partial charge in [-0.3, -0.25) is 9.59 Å². The summed E-state index contributed by atoms with van der Waals surface area (Å²) in [6.45, 7) is 0. The quantitative estimate of drug-likeness (QED) is 0.697. The van der Waals surface area contributed by atoms with Gasteiger partial charge in [-0.1, -0.05) is 12.1 Å². The van der Waals surface area contributed by atoms with E-state index in [-0.39, 0.29) is 16.8 Å². The number of ketones is 1. The number of amides is 1. The smallest absolute Gasteiger partial charge is 0.296 e. The second-order valence-electron chi connectivity index (χ2n) is 2.85. The number of halogens is 2. The van der Waals surface area contributed by atoms with Gasteiger partial charge in [0, 0.05) is 5.56 Å². The van der Waals surface area contributed by atoms with Crippen molar-refractivity contribution in [1.82, 2.24) is 0 Å². The van der Waals surface area contributed by atoms with Gasteiger partial charge in [0.2, 0.25) is 0 Å². The van der Waals surface area contributed by atoms with Crippen LogP contribution in [0.15, 0.2) is 18.2 Å². The summed E-state index contributed by atoms with van der Waals surface area (Å²) in [7, 11) is 0. The Kier molecular flexibility index (Phi) is 1.80. The van der Waals surface area contributed by atoms with E-state index in [9.17, 15) is 18.4 Å². The Morgan fingerprint density at radius 2 is 1.93 bits per heavy atom. The van der Waals surface area contributed by atoms with Gasteiger partial charge < -0.3 is 5.32 Å². The van der Waals surface area contributed by atoms with Crippen molar-refractivity contribution in [2.45, 2.75) is 6.43 Å². The number of hydrogen-bond donors (Lipinski definition) is 1. The summed E-state index contributed by atoms with van der Waals surface area (Å²) < 4.78 is 24.8. The maximum Gasteiger partial charge on any atom is 0.296 e. The summed E-state index contributed by atoms with van der Waals surface area (Å²) in [5.41, 5.74) is -0.355. The van der Waals surface area contributed by atoms with Crippen molar-refractivity contribution in [3.8, 4) is 0 Å². The molecule has 1 aliphatic rings. The van der Waals surface area contributed by atoms with Gasteiger partial charge >= 0.3 is 0 Å². The molecule has 0 spiro atoms. The fourth-order valence-electron chi connectivity index (χ4n) is 1.37. The highest BCUT2D eigenvalue weighted by atomic mass is 19.3. The first-order valence-corrected chi connectivity index (χ1v) is 3.88. The van der Waals surface area contributed by atoms with Crippen molar-refractivity contribution in [2.75, 3.05) is 5.32 Å². The standard InChI is InChI=1S/C9H5F2NO2/c10-8(11)5-3-1-2-4-6(5)12-9(14)7(4)13/h1-3,8H,(H,12,13,14). The fraction of sp³-hybridized carbons (Fsp3) is 0.111. The average molecular weight is 197 g/mol. The maximum absolute atomic E-state index is 12.4. The zero-order valence-corrected chi connectivity index (χ0v) is 6.88. The molecule has 0 saturated carbocycles. The first-order valence-electron chi connectivity index (χ1n) is 3.88. The maximum atomic E-state index is 12.4. The van der Waals surface area contributed by atoms with Crippen molar-refractivity contribution in [2.24, 2.45) is 0 Å². The summed E-state index contributed by atoms with van der Waals surface area (Å²) >= 11 is 0. The number of hydrogen-bond acceptors (Lipinski definition) is 2. The Bertz CT molecular complexity index is 429. The predicted molar refractivity (Wildman–Crippen MR) is 44.4 cm³/mol. The van der Waals surface area contributed by atoms with Gasteiger partial charge in [0.1, 0.15) is 0 Å². The van der Waals surface area contributed by atoms with E-state index in [1.807, 2.05) is 0 Å². The molecule has 0 radical (unpaired) electrons. The van der Waals surface area contributed by atoms with Crippen LogP contribution in [0.4, 0.5) is 14.5 Å². The van der Waals surface area contributed by atoms with E-state index in [0.29, 0.717) is 0 Å². The Labute approximate surface area is 77.7 Å². The number of anilines is 1. The van der Waals surface area contributed by atoms with E-state index in [2.05, 4.69) is 5.32 Å². The lowest BCUT2D eigenvalue weighted by atomic mass is 10.1. The molecule has 0 fully saturated rings. The number of para-hydroxylation sites is 1. The Morgan fingerprint density at radius 3 is 2.57 bits per heavy atom. The molecule has 1 aliphatic heterocycles. The highest BCUT2D eigenvalue weighted by molar-refractivity contribution is 6.51. The van der Waals surface area contributed by atoms with Crippen LogP contribution in [-0.2, 0) is 4.79 Å². The minimum atomic E-state index is -2.70. The minimum Gasteiger partial charge on any atom is -0.318 e. The molecule has 1 heterocycles. The molecule has 0 bridgehead atoms. The highest BCUT2D eigenvalue weighted by Crippen LogP contribution is 2.33. The molecular weight excluding hydrogens is 192 g/mol. The van der Waals surface area contributed by atoms with E-state index >= 15 is 0 Å². The second kappa shape index (κ2) is 2.87. The lowest BCUT2D eigenvalue weighted by molar-refractivity contribution is -0.112. The Balaban J connectivity index is 2.61. The van der Waals surface area contributed by atoms with E-state index in [1.54, 1.807) is 0 Å². The third-order valence-corrected chi connectivity index (χ3v) is 2.02. The van der Waals surface area contributed by atoms with E-state index in [4.69, 9.17) is 0 Å². The van der Waals surface area contributed by atoms with Crippen LogP contribution in [0.5, 0.6) is 0 Å². The first kappa shape index (κ1) is 8.80. The van der Waals surface area contributed by atoms with Gasteiger partial charge in [-0.05, 0) is 6.07 Å². The van der Waals surface area contributed by atoms with Gasteiger partial charge in [-0.25, -0.2) is 8.78 Å². The lowest BCUT2D eigenvalue weighted by Crippen LogP contribution is -2.12. The van der Waals surface area contributed by atoms with Crippen molar-refractivity contribution in [1.29, 1.82) is 0 Å².